The predicted octanol–water partition coefficient (Wildman–Crippen LogP) is 3.73. The van der Waals surface area contributed by atoms with Crippen LogP contribution in [-0.4, -0.2) is 45.6 Å². The van der Waals surface area contributed by atoms with E-state index in [-0.39, 0.29) is 5.91 Å². The predicted molar refractivity (Wildman–Crippen MR) is 114 cm³/mol. The molecule has 0 radical (unpaired) electrons. The third-order valence-electron chi connectivity index (χ3n) is 5.07. The molecule has 4 rings (SSSR count). The van der Waals surface area contributed by atoms with E-state index in [1.807, 2.05) is 66.5 Å². The first kappa shape index (κ1) is 18.3. The number of aryl methyl sites for hydroxylation is 2. The van der Waals surface area contributed by atoms with E-state index in [1.165, 1.54) is 0 Å². The Labute approximate surface area is 164 Å². The summed E-state index contributed by atoms with van der Waals surface area (Å²) < 4.78 is 4.08. The van der Waals surface area contributed by atoms with Gasteiger partial charge in [-0.05, 0) is 57.4 Å². The summed E-state index contributed by atoms with van der Waals surface area (Å²) in [5, 5.41) is 4.06. The van der Waals surface area contributed by atoms with Crippen LogP contribution in [0.5, 0.6) is 0 Å². The van der Waals surface area contributed by atoms with E-state index in [2.05, 4.69) is 33.9 Å². The Kier molecular flexibility index (Phi) is 4.88. The van der Waals surface area contributed by atoms with Gasteiger partial charge in [-0.3, -0.25) is 4.79 Å². The van der Waals surface area contributed by atoms with E-state index in [4.69, 9.17) is 0 Å². The number of carbonyl (C=O) groups is 1. The van der Waals surface area contributed by atoms with E-state index in [0.29, 0.717) is 5.69 Å². The van der Waals surface area contributed by atoms with Crippen molar-refractivity contribution >= 4 is 33.5 Å². The molecule has 0 aliphatic carbocycles. The third-order valence-corrected chi connectivity index (χ3v) is 5.07. The van der Waals surface area contributed by atoms with Crippen LogP contribution in [0.25, 0.3) is 21.9 Å². The van der Waals surface area contributed by atoms with Crippen LogP contribution in [0, 0.1) is 0 Å². The van der Waals surface area contributed by atoms with Crippen molar-refractivity contribution in [2.45, 2.75) is 13.0 Å². The fraction of sp³-hybridized carbons (Fsp3) is 0.273. The maximum atomic E-state index is 12.8. The smallest absolute Gasteiger partial charge is 0.272 e. The van der Waals surface area contributed by atoms with Crippen molar-refractivity contribution in [1.29, 1.82) is 0 Å². The minimum Gasteiger partial charge on any atom is -0.340 e. The molecule has 0 aliphatic rings. The molecule has 28 heavy (non-hydrogen) atoms. The first-order valence-electron chi connectivity index (χ1n) is 9.48. The molecule has 0 fully saturated rings. The SMILES string of the molecule is CN(C)CCCn1cnc2cc(NC(=O)c3cc4ccccc4n3C)ccc21. The number of anilines is 1. The van der Waals surface area contributed by atoms with Crippen LogP contribution in [0.4, 0.5) is 5.69 Å². The molecule has 0 saturated carbocycles. The summed E-state index contributed by atoms with van der Waals surface area (Å²) in [5.41, 5.74) is 4.40. The second-order valence-electron chi connectivity index (χ2n) is 7.40. The summed E-state index contributed by atoms with van der Waals surface area (Å²) in [6.45, 7) is 1.97. The van der Waals surface area contributed by atoms with Gasteiger partial charge in [-0.25, -0.2) is 4.98 Å². The monoisotopic (exact) mass is 375 g/mol. The zero-order valence-corrected chi connectivity index (χ0v) is 16.5. The summed E-state index contributed by atoms with van der Waals surface area (Å²) in [6, 6.07) is 15.8. The van der Waals surface area contributed by atoms with Crippen LogP contribution < -0.4 is 5.32 Å². The Morgan fingerprint density at radius 2 is 1.93 bits per heavy atom. The average molecular weight is 375 g/mol. The lowest BCUT2D eigenvalue weighted by molar-refractivity contribution is 0.102. The van der Waals surface area contributed by atoms with Crippen LogP contribution >= 0.6 is 0 Å². The number of aromatic nitrogens is 3. The molecule has 0 atom stereocenters. The number of carbonyl (C=O) groups excluding carboxylic acids is 1. The molecule has 0 spiro atoms. The van der Waals surface area contributed by atoms with Gasteiger partial charge in [-0.15, -0.1) is 0 Å². The van der Waals surface area contributed by atoms with E-state index in [0.717, 1.165) is 47.1 Å². The van der Waals surface area contributed by atoms with Crippen molar-refractivity contribution in [2.75, 3.05) is 26.0 Å². The number of nitrogens with zero attached hydrogens (tertiary/aromatic N) is 4. The molecule has 144 valence electrons. The molecule has 2 heterocycles. The molecule has 2 aromatic heterocycles. The second-order valence-corrected chi connectivity index (χ2v) is 7.40. The van der Waals surface area contributed by atoms with Crippen LogP contribution in [0.15, 0.2) is 54.9 Å². The number of imidazole rings is 1. The summed E-state index contributed by atoms with van der Waals surface area (Å²) in [6.07, 6.45) is 2.94. The molecule has 0 aliphatic heterocycles. The first-order valence-corrected chi connectivity index (χ1v) is 9.48. The number of fused-ring (bicyclic) bond motifs is 2. The highest BCUT2D eigenvalue weighted by molar-refractivity contribution is 6.06. The molecule has 4 aromatic rings. The highest BCUT2D eigenvalue weighted by Crippen LogP contribution is 2.22. The fourth-order valence-electron chi connectivity index (χ4n) is 3.58. The normalized spacial score (nSPS) is 11.6. The Hall–Kier alpha value is -3.12. The number of rotatable bonds is 6. The minimum atomic E-state index is -0.122. The maximum absolute atomic E-state index is 12.8. The van der Waals surface area contributed by atoms with Gasteiger partial charge in [0.05, 0.1) is 17.4 Å². The maximum Gasteiger partial charge on any atom is 0.272 e. The van der Waals surface area contributed by atoms with Gasteiger partial charge >= 0.3 is 0 Å². The molecular weight excluding hydrogens is 350 g/mol. The Balaban J connectivity index is 1.53. The lowest BCUT2D eigenvalue weighted by atomic mass is 10.2. The Bertz CT molecular complexity index is 1140. The lowest BCUT2D eigenvalue weighted by Gasteiger charge is -2.10. The molecule has 0 bridgehead atoms. The first-order chi connectivity index (χ1) is 13.5. The Morgan fingerprint density at radius 1 is 1.11 bits per heavy atom. The quantitative estimate of drug-likeness (QED) is 0.559. The number of hydrogen-bond donors (Lipinski definition) is 1. The van der Waals surface area contributed by atoms with Crippen LogP contribution in [0.1, 0.15) is 16.9 Å². The van der Waals surface area contributed by atoms with Crippen LogP contribution in [-0.2, 0) is 13.6 Å². The molecule has 1 amide bonds. The van der Waals surface area contributed by atoms with Crippen LogP contribution in [0.3, 0.4) is 0 Å². The minimum absolute atomic E-state index is 0.122. The zero-order valence-electron chi connectivity index (χ0n) is 16.5. The number of amides is 1. The van der Waals surface area contributed by atoms with E-state index in [9.17, 15) is 4.79 Å². The topological polar surface area (TPSA) is 55.1 Å². The van der Waals surface area contributed by atoms with E-state index < -0.39 is 0 Å². The highest BCUT2D eigenvalue weighted by atomic mass is 16.1. The van der Waals surface area contributed by atoms with Gasteiger partial charge in [-0.2, -0.15) is 0 Å². The lowest BCUT2D eigenvalue weighted by Crippen LogP contribution is -2.15. The van der Waals surface area contributed by atoms with Crippen molar-refractivity contribution in [1.82, 2.24) is 19.0 Å². The van der Waals surface area contributed by atoms with Gasteiger partial charge in [0, 0.05) is 30.2 Å². The number of nitrogens with one attached hydrogen (secondary N) is 1. The van der Waals surface area contributed by atoms with Gasteiger partial charge < -0.3 is 19.4 Å². The number of benzene rings is 2. The van der Waals surface area contributed by atoms with Gasteiger partial charge in [0.2, 0.25) is 0 Å². The summed E-state index contributed by atoms with van der Waals surface area (Å²) >= 11 is 0. The van der Waals surface area contributed by atoms with Gasteiger partial charge in [0.1, 0.15) is 5.69 Å². The average Bonchev–Trinajstić information content (AvgIpc) is 3.23. The summed E-state index contributed by atoms with van der Waals surface area (Å²) in [5.74, 6) is -0.122. The van der Waals surface area contributed by atoms with Crippen molar-refractivity contribution < 1.29 is 4.79 Å². The highest BCUT2D eigenvalue weighted by Gasteiger charge is 2.14. The van der Waals surface area contributed by atoms with Crippen molar-refractivity contribution in [3.05, 3.63) is 60.6 Å². The van der Waals surface area contributed by atoms with Crippen molar-refractivity contribution in [2.24, 2.45) is 7.05 Å². The molecule has 0 saturated heterocycles. The van der Waals surface area contributed by atoms with Gasteiger partial charge in [0.25, 0.3) is 5.91 Å². The summed E-state index contributed by atoms with van der Waals surface area (Å²) in [7, 11) is 6.07. The molecule has 6 nitrogen and oxygen atoms in total. The third kappa shape index (κ3) is 3.51. The molecule has 1 N–H and O–H groups in total. The van der Waals surface area contributed by atoms with E-state index in [1.54, 1.807) is 0 Å². The molecule has 0 unspecified atom stereocenters. The van der Waals surface area contributed by atoms with Gasteiger partial charge in [0.15, 0.2) is 0 Å². The molecule has 2 aromatic carbocycles. The molecular formula is C22H25N5O. The van der Waals surface area contributed by atoms with Gasteiger partial charge in [-0.1, -0.05) is 18.2 Å². The van der Waals surface area contributed by atoms with Crippen molar-refractivity contribution in [3.63, 3.8) is 0 Å². The number of para-hydroxylation sites is 1. The van der Waals surface area contributed by atoms with E-state index >= 15 is 0 Å². The van der Waals surface area contributed by atoms with Crippen LogP contribution in [0.2, 0.25) is 0 Å². The van der Waals surface area contributed by atoms with Crippen molar-refractivity contribution in [3.8, 4) is 0 Å². The number of hydrogen-bond acceptors (Lipinski definition) is 3. The second kappa shape index (κ2) is 7.48. The standard InChI is InChI=1S/C22H25N5O/c1-25(2)11-6-12-27-15-23-18-14-17(9-10-20(18)27)24-22(28)21-13-16-7-4-5-8-19(16)26(21)3/h4-5,7-10,13-15H,6,11-12H2,1-3H3,(H,24,28). The zero-order chi connectivity index (χ0) is 19.7. The largest absolute Gasteiger partial charge is 0.340 e. The molecule has 6 heteroatoms. The fourth-order valence-corrected chi connectivity index (χ4v) is 3.58. The summed E-state index contributed by atoms with van der Waals surface area (Å²) in [4.78, 5) is 19.5. The Morgan fingerprint density at radius 3 is 2.71 bits per heavy atom.